The SMILES string of the molecule is Nc1c(Cl)cc(S(=O)(=O)Nc2ccc(Oc3ccccc3)c(S(=O)(=O)O)c2)cc1Cl. The number of hydrogen-bond donors (Lipinski definition) is 3. The number of rotatable bonds is 6. The highest BCUT2D eigenvalue weighted by Gasteiger charge is 2.22. The second-order valence-corrected chi connectivity index (χ2v) is 9.84. The minimum absolute atomic E-state index is 0.0216. The summed E-state index contributed by atoms with van der Waals surface area (Å²) >= 11 is 11.8. The van der Waals surface area contributed by atoms with Gasteiger partial charge in [-0.1, -0.05) is 41.4 Å². The van der Waals surface area contributed by atoms with E-state index < -0.39 is 25.0 Å². The van der Waals surface area contributed by atoms with Crippen molar-refractivity contribution in [1.29, 1.82) is 0 Å². The first-order chi connectivity index (χ1) is 14.0. The van der Waals surface area contributed by atoms with E-state index in [4.69, 9.17) is 33.7 Å². The Balaban J connectivity index is 1.99. The summed E-state index contributed by atoms with van der Waals surface area (Å²) in [4.78, 5) is -0.912. The Morgan fingerprint density at radius 2 is 1.50 bits per heavy atom. The molecule has 158 valence electrons. The Labute approximate surface area is 183 Å². The monoisotopic (exact) mass is 488 g/mol. The van der Waals surface area contributed by atoms with E-state index in [2.05, 4.69) is 4.72 Å². The fourth-order valence-electron chi connectivity index (χ4n) is 2.40. The molecule has 3 aromatic rings. The van der Waals surface area contributed by atoms with Crippen LogP contribution < -0.4 is 15.2 Å². The van der Waals surface area contributed by atoms with Gasteiger partial charge in [0.25, 0.3) is 20.1 Å². The molecule has 3 rings (SSSR count). The summed E-state index contributed by atoms with van der Waals surface area (Å²) in [6, 6.07) is 13.8. The maximum atomic E-state index is 12.6. The lowest BCUT2D eigenvalue weighted by Crippen LogP contribution is -2.14. The fourth-order valence-corrected chi connectivity index (χ4v) is 4.76. The van der Waals surface area contributed by atoms with Crippen LogP contribution in [0, 0.1) is 0 Å². The molecule has 12 heteroatoms. The number of nitrogen functional groups attached to an aromatic ring is 1. The van der Waals surface area contributed by atoms with Gasteiger partial charge < -0.3 is 10.5 Å². The average Bonchev–Trinajstić information content (AvgIpc) is 2.66. The van der Waals surface area contributed by atoms with Gasteiger partial charge in [-0.2, -0.15) is 8.42 Å². The minimum Gasteiger partial charge on any atom is -0.456 e. The summed E-state index contributed by atoms with van der Waals surface area (Å²) in [5, 5.41) is -0.124. The first-order valence-corrected chi connectivity index (χ1v) is 11.8. The Kier molecular flexibility index (Phi) is 6.16. The Morgan fingerprint density at radius 1 is 0.900 bits per heavy atom. The first kappa shape index (κ1) is 22.2. The number of halogens is 2. The van der Waals surface area contributed by atoms with E-state index in [1.807, 2.05) is 0 Å². The van der Waals surface area contributed by atoms with Crippen molar-refractivity contribution >= 4 is 54.7 Å². The molecule has 0 amide bonds. The van der Waals surface area contributed by atoms with Crippen molar-refractivity contribution in [2.24, 2.45) is 0 Å². The van der Waals surface area contributed by atoms with Crippen molar-refractivity contribution in [3.05, 3.63) is 70.7 Å². The Morgan fingerprint density at radius 3 is 2.07 bits per heavy atom. The van der Waals surface area contributed by atoms with Gasteiger partial charge in [0.1, 0.15) is 16.4 Å². The number of anilines is 2. The van der Waals surface area contributed by atoms with Crippen molar-refractivity contribution in [3.8, 4) is 11.5 Å². The third-order valence-electron chi connectivity index (χ3n) is 3.81. The number of nitrogens with two attached hydrogens (primary N) is 1. The second-order valence-electron chi connectivity index (χ2n) is 5.96. The van der Waals surface area contributed by atoms with Crippen LogP contribution in [0.15, 0.2) is 70.5 Å². The molecule has 3 aromatic carbocycles. The van der Waals surface area contributed by atoms with E-state index in [-0.39, 0.29) is 32.1 Å². The number of sulfonamides is 1. The van der Waals surface area contributed by atoms with E-state index in [9.17, 15) is 21.4 Å². The lowest BCUT2D eigenvalue weighted by Gasteiger charge is -2.13. The number of benzene rings is 3. The maximum absolute atomic E-state index is 12.6. The van der Waals surface area contributed by atoms with Gasteiger partial charge in [0.15, 0.2) is 0 Å². The zero-order valence-electron chi connectivity index (χ0n) is 14.9. The molecule has 30 heavy (non-hydrogen) atoms. The quantitative estimate of drug-likeness (QED) is 0.345. The molecule has 0 spiro atoms. The molecule has 0 unspecified atom stereocenters. The van der Waals surface area contributed by atoms with E-state index in [1.165, 1.54) is 12.1 Å². The lowest BCUT2D eigenvalue weighted by atomic mass is 10.3. The van der Waals surface area contributed by atoms with E-state index in [0.29, 0.717) is 5.75 Å². The van der Waals surface area contributed by atoms with Gasteiger partial charge in [-0.3, -0.25) is 9.27 Å². The van der Waals surface area contributed by atoms with Gasteiger partial charge >= 0.3 is 0 Å². The number of nitrogens with one attached hydrogen (secondary N) is 1. The summed E-state index contributed by atoms with van der Waals surface area (Å²) in [6.07, 6.45) is 0. The predicted octanol–water partition coefficient (Wildman–Crippen LogP) is 4.42. The van der Waals surface area contributed by atoms with Gasteiger partial charge in [0.05, 0.1) is 26.3 Å². The van der Waals surface area contributed by atoms with E-state index in [1.54, 1.807) is 30.3 Å². The molecular weight excluding hydrogens is 475 g/mol. The highest BCUT2D eigenvalue weighted by Crippen LogP contribution is 2.34. The Bertz CT molecular complexity index is 1290. The molecule has 0 saturated carbocycles. The van der Waals surface area contributed by atoms with Gasteiger partial charge in [0, 0.05) is 0 Å². The maximum Gasteiger partial charge on any atom is 0.298 e. The molecule has 0 saturated heterocycles. The molecule has 0 aliphatic heterocycles. The smallest absolute Gasteiger partial charge is 0.298 e. The fraction of sp³-hybridized carbons (Fsp3) is 0. The zero-order chi connectivity index (χ0) is 22.1. The topological polar surface area (TPSA) is 136 Å². The number of hydrogen-bond acceptors (Lipinski definition) is 6. The molecule has 8 nitrogen and oxygen atoms in total. The van der Waals surface area contributed by atoms with Crippen LogP contribution in [0.5, 0.6) is 11.5 Å². The van der Waals surface area contributed by atoms with Crippen LogP contribution in [0.1, 0.15) is 0 Å². The summed E-state index contributed by atoms with van der Waals surface area (Å²) in [5.41, 5.74) is 5.48. The van der Waals surface area contributed by atoms with Crippen LogP contribution in [0.3, 0.4) is 0 Å². The average molecular weight is 489 g/mol. The van der Waals surface area contributed by atoms with Crippen molar-refractivity contribution in [2.45, 2.75) is 9.79 Å². The Hall–Kier alpha value is -2.50. The molecule has 0 fully saturated rings. The van der Waals surface area contributed by atoms with Crippen molar-refractivity contribution in [2.75, 3.05) is 10.5 Å². The summed E-state index contributed by atoms with van der Waals surface area (Å²) in [6.45, 7) is 0. The molecule has 0 heterocycles. The number of para-hydroxylation sites is 1. The van der Waals surface area contributed by atoms with Crippen LogP contribution in [0.2, 0.25) is 10.0 Å². The highest BCUT2D eigenvalue weighted by atomic mass is 35.5. The van der Waals surface area contributed by atoms with Crippen LogP contribution in [-0.4, -0.2) is 21.4 Å². The third-order valence-corrected chi connectivity index (χ3v) is 6.67. The first-order valence-electron chi connectivity index (χ1n) is 8.09. The molecule has 0 radical (unpaired) electrons. The van der Waals surface area contributed by atoms with E-state index in [0.717, 1.165) is 18.2 Å². The predicted molar refractivity (Wildman–Crippen MR) is 114 cm³/mol. The standard InChI is InChI=1S/C18H14Cl2N2O6S2/c19-14-9-13(10-15(20)18(14)21)29(23,24)22-11-6-7-16(17(8-11)30(25,26)27)28-12-4-2-1-3-5-12/h1-10,22H,21H2,(H,25,26,27). The normalized spacial score (nSPS) is 11.8. The van der Waals surface area contributed by atoms with E-state index >= 15 is 0 Å². The minimum atomic E-state index is -4.73. The molecule has 0 aliphatic carbocycles. The largest absolute Gasteiger partial charge is 0.456 e. The molecule has 4 N–H and O–H groups in total. The molecule has 0 aromatic heterocycles. The van der Waals surface area contributed by atoms with Gasteiger partial charge in [-0.25, -0.2) is 8.42 Å². The van der Waals surface area contributed by atoms with Gasteiger partial charge in [-0.05, 0) is 42.5 Å². The molecule has 0 bridgehead atoms. The van der Waals surface area contributed by atoms with Gasteiger partial charge in [0.2, 0.25) is 0 Å². The van der Waals surface area contributed by atoms with Crippen LogP contribution in [-0.2, 0) is 20.1 Å². The van der Waals surface area contributed by atoms with Crippen molar-refractivity contribution < 1.29 is 26.1 Å². The molecule has 0 atom stereocenters. The third kappa shape index (κ3) is 4.97. The van der Waals surface area contributed by atoms with Crippen LogP contribution in [0.25, 0.3) is 0 Å². The second kappa shape index (κ2) is 8.32. The highest BCUT2D eigenvalue weighted by molar-refractivity contribution is 7.92. The molecule has 0 aliphatic rings. The van der Waals surface area contributed by atoms with Crippen LogP contribution in [0.4, 0.5) is 11.4 Å². The zero-order valence-corrected chi connectivity index (χ0v) is 18.1. The van der Waals surface area contributed by atoms with Crippen molar-refractivity contribution in [1.82, 2.24) is 0 Å². The molecular formula is C18H14Cl2N2O6S2. The summed E-state index contributed by atoms with van der Waals surface area (Å²) in [7, 11) is -8.93. The summed E-state index contributed by atoms with van der Waals surface area (Å²) in [5.74, 6) is 0.132. The van der Waals surface area contributed by atoms with Gasteiger partial charge in [-0.15, -0.1) is 0 Å². The number of ether oxygens (including phenoxy) is 1. The van der Waals surface area contributed by atoms with Crippen molar-refractivity contribution in [3.63, 3.8) is 0 Å². The van der Waals surface area contributed by atoms with Crippen LogP contribution >= 0.6 is 23.2 Å². The summed E-state index contributed by atoms with van der Waals surface area (Å²) < 4.78 is 66.1. The lowest BCUT2D eigenvalue weighted by molar-refractivity contribution is 0.450.